The van der Waals surface area contributed by atoms with Crippen molar-refractivity contribution in [2.75, 3.05) is 13.2 Å². The molecule has 0 aromatic carbocycles. The van der Waals surface area contributed by atoms with Crippen LogP contribution in [0.25, 0.3) is 0 Å². The van der Waals surface area contributed by atoms with Crippen molar-refractivity contribution < 1.29 is 24.5 Å². The van der Waals surface area contributed by atoms with E-state index in [-0.39, 0.29) is 18.3 Å². The van der Waals surface area contributed by atoms with Crippen LogP contribution in [-0.4, -0.2) is 41.3 Å². The molecule has 0 aromatic rings. The third kappa shape index (κ3) is 7.35. The van der Waals surface area contributed by atoms with Gasteiger partial charge in [0.25, 0.3) is 0 Å². The maximum atomic E-state index is 10.6. The van der Waals surface area contributed by atoms with E-state index in [1.54, 1.807) is 0 Å². The normalized spacial score (nSPS) is 25.3. The van der Waals surface area contributed by atoms with Crippen molar-refractivity contribution in [2.45, 2.75) is 109 Å². The molecule has 1 spiro atoms. The van der Waals surface area contributed by atoms with E-state index in [0.717, 1.165) is 70.6 Å². The van der Waals surface area contributed by atoms with Crippen molar-refractivity contribution in [1.82, 2.24) is 0 Å². The lowest BCUT2D eigenvalue weighted by Crippen LogP contribution is -2.36. The summed E-state index contributed by atoms with van der Waals surface area (Å²) in [5.41, 5.74) is 0. The summed E-state index contributed by atoms with van der Waals surface area (Å²) in [7, 11) is 0. The quantitative estimate of drug-likeness (QED) is 0.417. The average molecular weight is 385 g/mol. The molecule has 2 fully saturated rings. The molecule has 27 heavy (non-hydrogen) atoms. The number of hydrogen-bond donors (Lipinski definition) is 2. The van der Waals surface area contributed by atoms with E-state index in [1.165, 1.54) is 12.8 Å². The molecular formula is C22H40O5. The molecule has 5 heteroatoms. The Kier molecular flexibility index (Phi) is 10.1. The summed E-state index contributed by atoms with van der Waals surface area (Å²) < 4.78 is 12.2. The van der Waals surface area contributed by atoms with Gasteiger partial charge in [-0.25, -0.2) is 0 Å². The minimum absolute atomic E-state index is 0.171. The molecule has 0 bridgehead atoms. The number of aliphatic hydroxyl groups excluding tert-OH is 1. The predicted molar refractivity (Wildman–Crippen MR) is 106 cm³/mol. The first-order chi connectivity index (χ1) is 13.1. The molecule has 1 aliphatic heterocycles. The van der Waals surface area contributed by atoms with Crippen molar-refractivity contribution in [3.05, 3.63) is 0 Å². The third-order valence-electron chi connectivity index (χ3n) is 6.44. The van der Waals surface area contributed by atoms with E-state index in [1.807, 2.05) is 0 Å². The molecule has 2 aliphatic rings. The van der Waals surface area contributed by atoms with Gasteiger partial charge in [-0.2, -0.15) is 0 Å². The van der Waals surface area contributed by atoms with Gasteiger partial charge in [-0.1, -0.05) is 45.4 Å². The van der Waals surface area contributed by atoms with E-state index in [2.05, 4.69) is 6.92 Å². The topological polar surface area (TPSA) is 76.0 Å². The molecule has 2 rings (SSSR count). The van der Waals surface area contributed by atoms with E-state index < -0.39 is 5.97 Å². The van der Waals surface area contributed by atoms with Crippen LogP contribution >= 0.6 is 0 Å². The second-order valence-electron chi connectivity index (χ2n) is 8.49. The van der Waals surface area contributed by atoms with Crippen LogP contribution in [0, 0.1) is 11.8 Å². The Balaban J connectivity index is 1.76. The molecule has 0 radical (unpaired) electrons. The average Bonchev–Trinajstić information content (AvgIpc) is 3.24. The Labute approximate surface area is 164 Å². The Bertz CT molecular complexity index is 419. The number of carboxylic acid groups (broad SMARTS) is 1. The Hall–Kier alpha value is -0.650. The van der Waals surface area contributed by atoms with Crippen molar-refractivity contribution >= 4 is 5.97 Å². The first-order valence-electron chi connectivity index (χ1n) is 11.2. The first kappa shape index (κ1) is 22.6. The highest BCUT2D eigenvalue weighted by atomic mass is 16.7. The van der Waals surface area contributed by atoms with E-state index in [4.69, 9.17) is 14.6 Å². The molecule has 1 saturated carbocycles. The van der Waals surface area contributed by atoms with E-state index >= 15 is 0 Å². The maximum absolute atomic E-state index is 10.6. The lowest BCUT2D eigenvalue weighted by atomic mass is 9.84. The SMILES string of the molecule is CCCCCC(O)CC[C@H]1CCC2(OCCO2)[C@@H]1CCCCCCC(=O)O. The molecule has 0 aromatic heterocycles. The standard InChI is InChI=1S/C22H40O5/c1-2-3-6-9-19(23)13-12-18-14-15-22(26-16-17-27-22)20(18)10-7-4-5-8-11-21(24)25/h18-20,23H,2-17H2,1H3,(H,24,25)/t18-,19?,20+/m0/s1. The molecule has 5 nitrogen and oxygen atoms in total. The number of aliphatic hydroxyl groups is 1. The van der Waals surface area contributed by atoms with Crippen molar-refractivity contribution in [2.24, 2.45) is 11.8 Å². The number of aliphatic carboxylic acids is 1. The van der Waals surface area contributed by atoms with Crippen molar-refractivity contribution in [1.29, 1.82) is 0 Å². The van der Waals surface area contributed by atoms with Crippen LogP contribution in [0.1, 0.15) is 96.8 Å². The Morgan fingerprint density at radius 1 is 1.04 bits per heavy atom. The fraction of sp³-hybridized carbons (Fsp3) is 0.955. The third-order valence-corrected chi connectivity index (χ3v) is 6.44. The number of unbranched alkanes of at least 4 members (excludes halogenated alkanes) is 5. The highest BCUT2D eigenvalue weighted by Crippen LogP contribution is 2.49. The van der Waals surface area contributed by atoms with Gasteiger partial charge in [0.2, 0.25) is 0 Å². The zero-order valence-electron chi connectivity index (χ0n) is 17.2. The second-order valence-corrected chi connectivity index (χ2v) is 8.49. The number of carbonyl (C=O) groups is 1. The van der Waals surface area contributed by atoms with Crippen LogP contribution in [0.4, 0.5) is 0 Å². The van der Waals surface area contributed by atoms with Gasteiger partial charge in [-0.05, 0) is 44.4 Å². The molecule has 0 amide bonds. The van der Waals surface area contributed by atoms with Crippen molar-refractivity contribution in [3.8, 4) is 0 Å². The monoisotopic (exact) mass is 384 g/mol. The van der Waals surface area contributed by atoms with Crippen molar-refractivity contribution in [3.63, 3.8) is 0 Å². The van der Waals surface area contributed by atoms with Crippen LogP contribution in [0.15, 0.2) is 0 Å². The minimum Gasteiger partial charge on any atom is -0.481 e. The summed E-state index contributed by atoms with van der Waals surface area (Å²) in [5, 5.41) is 19.0. The van der Waals surface area contributed by atoms with Gasteiger partial charge in [0.1, 0.15) is 0 Å². The maximum Gasteiger partial charge on any atom is 0.303 e. The lowest BCUT2D eigenvalue weighted by molar-refractivity contribution is -0.188. The minimum atomic E-state index is -0.699. The highest BCUT2D eigenvalue weighted by molar-refractivity contribution is 5.66. The van der Waals surface area contributed by atoms with E-state index in [0.29, 0.717) is 25.0 Å². The van der Waals surface area contributed by atoms with Gasteiger partial charge >= 0.3 is 5.97 Å². The molecule has 3 atom stereocenters. The molecule has 1 unspecified atom stereocenters. The summed E-state index contributed by atoms with van der Waals surface area (Å²) in [5.74, 6) is -0.0841. The van der Waals surface area contributed by atoms with Crippen LogP contribution in [0.3, 0.4) is 0 Å². The Morgan fingerprint density at radius 2 is 1.78 bits per heavy atom. The fourth-order valence-electron chi connectivity index (χ4n) is 4.94. The van der Waals surface area contributed by atoms with E-state index in [9.17, 15) is 9.90 Å². The number of rotatable bonds is 14. The summed E-state index contributed by atoms with van der Waals surface area (Å²) in [6, 6.07) is 0. The van der Waals surface area contributed by atoms with Gasteiger partial charge in [0, 0.05) is 18.8 Å². The lowest BCUT2D eigenvalue weighted by Gasteiger charge is -2.32. The largest absolute Gasteiger partial charge is 0.481 e. The molecular weight excluding hydrogens is 344 g/mol. The molecule has 1 aliphatic carbocycles. The number of ether oxygens (including phenoxy) is 2. The molecule has 1 heterocycles. The van der Waals surface area contributed by atoms with Crippen LogP contribution in [0.2, 0.25) is 0 Å². The number of carboxylic acids is 1. The fourth-order valence-corrected chi connectivity index (χ4v) is 4.94. The summed E-state index contributed by atoms with van der Waals surface area (Å²) in [6.07, 6.45) is 13.6. The van der Waals surface area contributed by atoms with Gasteiger partial charge in [0.15, 0.2) is 5.79 Å². The van der Waals surface area contributed by atoms with Gasteiger partial charge in [-0.15, -0.1) is 0 Å². The summed E-state index contributed by atoms with van der Waals surface area (Å²) >= 11 is 0. The predicted octanol–water partition coefficient (Wildman–Crippen LogP) is 4.90. The molecule has 158 valence electrons. The molecule has 1 saturated heterocycles. The van der Waals surface area contributed by atoms with Crippen LogP contribution in [-0.2, 0) is 14.3 Å². The highest BCUT2D eigenvalue weighted by Gasteiger charge is 2.51. The molecule has 2 N–H and O–H groups in total. The summed E-state index contributed by atoms with van der Waals surface area (Å²) in [4.78, 5) is 10.6. The first-order valence-corrected chi connectivity index (χ1v) is 11.2. The second kappa shape index (κ2) is 12.0. The zero-order chi connectivity index (χ0) is 19.5. The van der Waals surface area contributed by atoms with Gasteiger partial charge in [0.05, 0.1) is 19.3 Å². The number of hydrogen-bond acceptors (Lipinski definition) is 4. The van der Waals surface area contributed by atoms with Gasteiger partial charge in [-0.3, -0.25) is 4.79 Å². The van der Waals surface area contributed by atoms with Crippen LogP contribution in [0.5, 0.6) is 0 Å². The zero-order valence-corrected chi connectivity index (χ0v) is 17.2. The van der Waals surface area contributed by atoms with Crippen LogP contribution < -0.4 is 0 Å². The smallest absolute Gasteiger partial charge is 0.303 e. The Morgan fingerprint density at radius 3 is 2.48 bits per heavy atom. The summed E-state index contributed by atoms with van der Waals surface area (Å²) in [6.45, 7) is 3.58. The van der Waals surface area contributed by atoms with Gasteiger partial charge < -0.3 is 19.7 Å².